The van der Waals surface area contributed by atoms with Crippen molar-refractivity contribution in [3.05, 3.63) is 29.8 Å². The molecule has 0 bridgehead atoms. The molecule has 1 fully saturated rings. The van der Waals surface area contributed by atoms with Gasteiger partial charge in [-0.15, -0.1) is 0 Å². The normalized spacial score (nSPS) is 14.9. The highest BCUT2D eigenvalue weighted by Crippen LogP contribution is 2.31. The minimum absolute atomic E-state index is 0.232. The fraction of sp³-hybridized carbons (Fsp3) is 0.571. The molecule has 1 aromatic carbocycles. The van der Waals surface area contributed by atoms with Crippen molar-refractivity contribution in [1.82, 2.24) is 5.32 Å². The Morgan fingerprint density at radius 1 is 1.29 bits per heavy atom. The van der Waals surface area contributed by atoms with Gasteiger partial charge in [-0.25, -0.2) is 0 Å². The lowest BCUT2D eigenvalue weighted by Crippen LogP contribution is -2.28. The number of rotatable bonds is 7. The van der Waals surface area contributed by atoms with Crippen LogP contribution in [-0.2, 0) is 6.54 Å². The van der Waals surface area contributed by atoms with Crippen LogP contribution in [0.4, 0.5) is 5.69 Å². The van der Waals surface area contributed by atoms with Crippen LogP contribution in [0.1, 0.15) is 25.3 Å². The minimum atomic E-state index is 0.232. The van der Waals surface area contributed by atoms with Gasteiger partial charge in [0.05, 0.1) is 6.61 Å². The maximum Gasteiger partial charge on any atom is 0.0606 e. The van der Waals surface area contributed by atoms with E-state index in [-0.39, 0.29) is 6.61 Å². The molecular weight excluding hydrogens is 212 g/mol. The maximum atomic E-state index is 9.09. The summed E-state index contributed by atoms with van der Waals surface area (Å²) in [6.07, 6.45) is 2.53. The first-order chi connectivity index (χ1) is 8.35. The van der Waals surface area contributed by atoms with Gasteiger partial charge in [-0.2, -0.15) is 0 Å². The summed E-state index contributed by atoms with van der Waals surface area (Å²) < 4.78 is 0. The zero-order valence-electron chi connectivity index (χ0n) is 10.5. The summed E-state index contributed by atoms with van der Waals surface area (Å²) >= 11 is 0. The standard InChI is InChI=1S/C14H22N2O/c1-2-15-11-12-3-5-13(6-4-12)16(9-10-17)14-7-8-14/h3-6,14-15,17H,2,7-11H2,1H3. The van der Waals surface area contributed by atoms with Crippen molar-refractivity contribution in [3.8, 4) is 0 Å². The molecule has 1 aliphatic rings. The molecular formula is C14H22N2O. The second kappa shape index (κ2) is 6.03. The lowest BCUT2D eigenvalue weighted by Gasteiger charge is -2.23. The first-order valence-corrected chi connectivity index (χ1v) is 6.52. The molecule has 0 saturated heterocycles. The summed E-state index contributed by atoms with van der Waals surface area (Å²) in [5, 5.41) is 12.4. The van der Waals surface area contributed by atoms with Gasteiger partial charge in [0.1, 0.15) is 0 Å². The summed E-state index contributed by atoms with van der Waals surface area (Å²) in [7, 11) is 0. The highest BCUT2D eigenvalue weighted by molar-refractivity contribution is 5.49. The van der Waals surface area contributed by atoms with E-state index in [0.29, 0.717) is 6.04 Å². The highest BCUT2D eigenvalue weighted by atomic mass is 16.3. The molecule has 0 radical (unpaired) electrons. The van der Waals surface area contributed by atoms with Crippen LogP contribution in [0.2, 0.25) is 0 Å². The van der Waals surface area contributed by atoms with E-state index in [1.54, 1.807) is 0 Å². The summed E-state index contributed by atoms with van der Waals surface area (Å²) in [5.74, 6) is 0. The predicted octanol–water partition coefficient (Wildman–Crippen LogP) is 1.76. The molecule has 0 unspecified atom stereocenters. The van der Waals surface area contributed by atoms with E-state index in [9.17, 15) is 0 Å². The SMILES string of the molecule is CCNCc1ccc(N(CCO)C2CC2)cc1. The number of aliphatic hydroxyl groups excluding tert-OH is 1. The van der Waals surface area contributed by atoms with Crippen LogP contribution in [0.3, 0.4) is 0 Å². The zero-order valence-corrected chi connectivity index (χ0v) is 10.5. The van der Waals surface area contributed by atoms with E-state index < -0.39 is 0 Å². The van der Waals surface area contributed by atoms with Gasteiger partial charge in [0, 0.05) is 24.8 Å². The van der Waals surface area contributed by atoms with Gasteiger partial charge in [0.15, 0.2) is 0 Å². The number of aliphatic hydroxyl groups is 1. The van der Waals surface area contributed by atoms with Crippen LogP contribution in [0.25, 0.3) is 0 Å². The van der Waals surface area contributed by atoms with Crippen LogP contribution >= 0.6 is 0 Å². The lowest BCUT2D eigenvalue weighted by atomic mass is 10.2. The molecule has 17 heavy (non-hydrogen) atoms. The third-order valence-electron chi connectivity index (χ3n) is 3.18. The molecule has 94 valence electrons. The fourth-order valence-corrected chi connectivity index (χ4v) is 2.09. The monoisotopic (exact) mass is 234 g/mol. The molecule has 0 aliphatic heterocycles. The zero-order chi connectivity index (χ0) is 12.1. The van der Waals surface area contributed by atoms with Crippen molar-refractivity contribution in [2.24, 2.45) is 0 Å². The Balaban J connectivity index is 1.99. The molecule has 0 amide bonds. The number of anilines is 1. The third kappa shape index (κ3) is 3.45. The molecule has 1 aliphatic carbocycles. The molecule has 0 atom stereocenters. The quantitative estimate of drug-likeness (QED) is 0.754. The van der Waals surface area contributed by atoms with Gasteiger partial charge >= 0.3 is 0 Å². The Hall–Kier alpha value is -1.06. The predicted molar refractivity (Wildman–Crippen MR) is 71.3 cm³/mol. The lowest BCUT2D eigenvalue weighted by molar-refractivity contribution is 0.301. The van der Waals surface area contributed by atoms with E-state index in [4.69, 9.17) is 5.11 Å². The number of nitrogens with one attached hydrogen (secondary N) is 1. The van der Waals surface area contributed by atoms with Crippen molar-refractivity contribution in [2.45, 2.75) is 32.4 Å². The van der Waals surface area contributed by atoms with Crippen LogP contribution < -0.4 is 10.2 Å². The van der Waals surface area contributed by atoms with Gasteiger partial charge in [0.2, 0.25) is 0 Å². The smallest absolute Gasteiger partial charge is 0.0606 e. The van der Waals surface area contributed by atoms with Crippen molar-refractivity contribution in [1.29, 1.82) is 0 Å². The molecule has 1 aromatic rings. The number of nitrogens with zero attached hydrogens (tertiary/aromatic N) is 1. The van der Waals surface area contributed by atoms with E-state index in [2.05, 4.69) is 41.4 Å². The number of hydrogen-bond acceptors (Lipinski definition) is 3. The Labute approximate surface area is 103 Å². The van der Waals surface area contributed by atoms with Crippen LogP contribution in [-0.4, -0.2) is 30.8 Å². The minimum Gasteiger partial charge on any atom is -0.395 e. The Kier molecular flexibility index (Phi) is 4.40. The summed E-state index contributed by atoms with van der Waals surface area (Å²) in [6.45, 7) is 5.03. The van der Waals surface area contributed by atoms with E-state index in [1.807, 2.05) is 0 Å². The van der Waals surface area contributed by atoms with Crippen LogP contribution in [0, 0.1) is 0 Å². The van der Waals surface area contributed by atoms with Crippen molar-refractivity contribution in [3.63, 3.8) is 0 Å². The second-order valence-electron chi connectivity index (χ2n) is 4.59. The average Bonchev–Trinajstić information content (AvgIpc) is 3.18. The van der Waals surface area contributed by atoms with Crippen molar-refractivity contribution >= 4 is 5.69 Å². The third-order valence-corrected chi connectivity index (χ3v) is 3.18. The molecule has 3 heteroatoms. The summed E-state index contributed by atoms with van der Waals surface area (Å²) in [6, 6.07) is 9.33. The number of benzene rings is 1. The molecule has 0 heterocycles. The molecule has 0 spiro atoms. The molecule has 2 N–H and O–H groups in total. The van der Waals surface area contributed by atoms with Gasteiger partial charge < -0.3 is 15.3 Å². The largest absolute Gasteiger partial charge is 0.395 e. The Bertz CT molecular complexity index is 333. The maximum absolute atomic E-state index is 9.09. The van der Waals surface area contributed by atoms with Crippen molar-refractivity contribution in [2.75, 3.05) is 24.6 Å². The summed E-state index contributed by atoms with van der Waals surface area (Å²) in [5.41, 5.74) is 2.55. The van der Waals surface area contributed by atoms with Gasteiger partial charge in [-0.1, -0.05) is 19.1 Å². The molecule has 1 saturated carbocycles. The fourth-order valence-electron chi connectivity index (χ4n) is 2.09. The first-order valence-electron chi connectivity index (χ1n) is 6.52. The Morgan fingerprint density at radius 2 is 2.00 bits per heavy atom. The van der Waals surface area contributed by atoms with E-state index in [0.717, 1.165) is 19.6 Å². The van der Waals surface area contributed by atoms with E-state index in [1.165, 1.54) is 24.1 Å². The van der Waals surface area contributed by atoms with Crippen LogP contribution in [0.5, 0.6) is 0 Å². The van der Waals surface area contributed by atoms with Gasteiger partial charge in [-0.05, 0) is 37.1 Å². The van der Waals surface area contributed by atoms with Crippen molar-refractivity contribution < 1.29 is 5.11 Å². The molecule has 2 rings (SSSR count). The van der Waals surface area contributed by atoms with Gasteiger partial charge in [0.25, 0.3) is 0 Å². The van der Waals surface area contributed by atoms with E-state index >= 15 is 0 Å². The summed E-state index contributed by atoms with van der Waals surface area (Å²) in [4.78, 5) is 2.32. The van der Waals surface area contributed by atoms with Gasteiger partial charge in [-0.3, -0.25) is 0 Å². The molecule has 0 aromatic heterocycles. The van der Waals surface area contributed by atoms with Crippen LogP contribution in [0.15, 0.2) is 24.3 Å². The Morgan fingerprint density at radius 3 is 2.53 bits per heavy atom. The second-order valence-corrected chi connectivity index (χ2v) is 4.59. The topological polar surface area (TPSA) is 35.5 Å². The first kappa shape index (κ1) is 12.4. The average molecular weight is 234 g/mol. The number of hydrogen-bond donors (Lipinski definition) is 2. The highest BCUT2D eigenvalue weighted by Gasteiger charge is 2.28. The molecule has 3 nitrogen and oxygen atoms in total.